The Hall–Kier alpha value is -1.57. The maximum Gasteiger partial charge on any atom is 0.123 e. The Kier molecular flexibility index (Phi) is 2.86. The predicted octanol–water partition coefficient (Wildman–Crippen LogP) is 3.18. The van der Waals surface area contributed by atoms with Crippen LogP contribution in [0.25, 0.3) is 0 Å². The predicted molar refractivity (Wildman–Crippen MR) is 59.3 cm³/mol. The summed E-state index contributed by atoms with van der Waals surface area (Å²) in [5.41, 5.74) is 2.24. The molecule has 78 valence electrons. The van der Waals surface area contributed by atoms with Gasteiger partial charge in [-0.15, -0.1) is 0 Å². The first-order valence-electron chi connectivity index (χ1n) is 5.11. The topological polar surface area (TPSA) is 4.93 Å². The number of nitrogens with zero attached hydrogens (tertiary/aromatic N) is 1. The summed E-state index contributed by atoms with van der Waals surface area (Å²) in [7, 11) is 0. The van der Waals surface area contributed by atoms with Crippen LogP contribution in [0, 0.1) is 12.7 Å². The van der Waals surface area contributed by atoms with E-state index >= 15 is 0 Å². The molecule has 0 N–H and O–H groups in total. The fraction of sp³-hybridized carbons (Fsp3) is 0.231. The van der Waals surface area contributed by atoms with Crippen molar-refractivity contribution in [2.75, 3.05) is 0 Å². The highest BCUT2D eigenvalue weighted by atomic mass is 19.1. The summed E-state index contributed by atoms with van der Waals surface area (Å²) in [6.45, 7) is 2.90. The van der Waals surface area contributed by atoms with E-state index in [2.05, 4.69) is 4.57 Å². The van der Waals surface area contributed by atoms with Crippen molar-refractivity contribution in [3.63, 3.8) is 0 Å². The lowest BCUT2D eigenvalue weighted by molar-refractivity contribution is 0.624. The van der Waals surface area contributed by atoms with Gasteiger partial charge in [-0.1, -0.05) is 6.07 Å². The van der Waals surface area contributed by atoms with Gasteiger partial charge in [0.1, 0.15) is 5.82 Å². The van der Waals surface area contributed by atoms with E-state index in [0.29, 0.717) is 0 Å². The van der Waals surface area contributed by atoms with Crippen LogP contribution in [0.15, 0.2) is 42.7 Å². The van der Waals surface area contributed by atoms with Gasteiger partial charge in [0.05, 0.1) is 0 Å². The van der Waals surface area contributed by atoms with Crippen LogP contribution in [0.2, 0.25) is 0 Å². The smallest absolute Gasteiger partial charge is 0.123 e. The number of hydrogen-bond acceptors (Lipinski definition) is 0. The van der Waals surface area contributed by atoms with E-state index in [1.54, 1.807) is 6.07 Å². The minimum atomic E-state index is -0.155. The third-order valence-corrected chi connectivity index (χ3v) is 2.61. The average molecular weight is 203 g/mol. The SMILES string of the molecule is Cc1cc(F)ccc1CCn1cccc1. The van der Waals surface area contributed by atoms with Crippen molar-refractivity contribution >= 4 is 0 Å². The first kappa shape index (κ1) is 9.97. The zero-order valence-corrected chi connectivity index (χ0v) is 8.78. The third kappa shape index (κ3) is 2.46. The molecule has 0 aliphatic carbocycles. The second-order valence-electron chi connectivity index (χ2n) is 3.74. The van der Waals surface area contributed by atoms with E-state index < -0.39 is 0 Å². The first-order valence-corrected chi connectivity index (χ1v) is 5.11. The van der Waals surface area contributed by atoms with Crippen molar-refractivity contribution in [3.8, 4) is 0 Å². The number of benzene rings is 1. The number of aromatic nitrogens is 1. The number of rotatable bonds is 3. The summed E-state index contributed by atoms with van der Waals surface area (Å²) in [5, 5.41) is 0. The van der Waals surface area contributed by atoms with Crippen LogP contribution in [0.4, 0.5) is 4.39 Å². The van der Waals surface area contributed by atoms with Crippen molar-refractivity contribution in [2.45, 2.75) is 19.9 Å². The Bertz CT molecular complexity index is 432. The van der Waals surface area contributed by atoms with E-state index in [9.17, 15) is 4.39 Å². The first-order chi connectivity index (χ1) is 7.25. The minimum absolute atomic E-state index is 0.155. The van der Waals surface area contributed by atoms with E-state index in [1.807, 2.05) is 37.5 Å². The summed E-state index contributed by atoms with van der Waals surface area (Å²) in [6.07, 6.45) is 5.03. The maximum atomic E-state index is 12.9. The molecule has 2 heteroatoms. The highest BCUT2D eigenvalue weighted by Crippen LogP contribution is 2.11. The Labute approximate surface area is 89.2 Å². The van der Waals surface area contributed by atoms with Crippen LogP contribution in [0.3, 0.4) is 0 Å². The highest BCUT2D eigenvalue weighted by Gasteiger charge is 1.99. The molecule has 0 bridgehead atoms. The van der Waals surface area contributed by atoms with Gasteiger partial charge in [0, 0.05) is 18.9 Å². The molecule has 0 aliphatic rings. The van der Waals surface area contributed by atoms with E-state index in [0.717, 1.165) is 18.5 Å². The fourth-order valence-corrected chi connectivity index (χ4v) is 1.71. The van der Waals surface area contributed by atoms with Gasteiger partial charge >= 0.3 is 0 Å². The molecular weight excluding hydrogens is 189 g/mol. The van der Waals surface area contributed by atoms with E-state index in [4.69, 9.17) is 0 Å². The van der Waals surface area contributed by atoms with Gasteiger partial charge in [0.25, 0.3) is 0 Å². The molecule has 0 fully saturated rings. The molecule has 1 nitrogen and oxygen atoms in total. The highest BCUT2D eigenvalue weighted by molar-refractivity contribution is 5.26. The molecule has 0 radical (unpaired) electrons. The Morgan fingerprint density at radius 3 is 2.60 bits per heavy atom. The molecule has 0 aliphatic heterocycles. The minimum Gasteiger partial charge on any atom is -0.354 e. The Morgan fingerprint density at radius 2 is 1.93 bits per heavy atom. The molecule has 0 atom stereocenters. The monoisotopic (exact) mass is 203 g/mol. The largest absolute Gasteiger partial charge is 0.354 e. The molecular formula is C13H14FN. The van der Waals surface area contributed by atoms with Crippen LogP contribution >= 0.6 is 0 Å². The van der Waals surface area contributed by atoms with Crippen LogP contribution in [0.1, 0.15) is 11.1 Å². The van der Waals surface area contributed by atoms with Crippen molar-refractivity contribution in [2.24, 2.45) is 0 Å². The van der Waals surface area contributed by atoms with E-state index in [1.165, 1.54) is 11.6 Å². The van der Waals surface area contributed by atoms with Crippen molar-refractivity contribution in [3.05, 3.63) is 59.7 Å². The van der Waals surface area contributed by atoms with Crippen molar-refractivity contribution < 1.29 is 4.39 Å². The average Bonchev–Trinajstić information content (AvgIpc) is 2.69. The molecule has 2 rings (SSSR count). The molecule has 1 aromatic carbocycles. The number of halogens is 1. The molecule has 0 unspecified atom stereocenters. The molecule has 2 aromatic rings. The van der Waals surface area contributed by atoms with Crippen LogP contribution < -0.4 is 0 Å². The molecule has 15 heavy (non-hydrogen) atoms. The van der Waals surface area contributed by atoms with E-state index in [-0.39, 0.29) is 5.82 Å². The molecule has 0 amide bonds. The van der Waals surface area contributed by atoms with Gasteiger partial charge in [-0.3, -0.25) is 0 Å². The second kappa shape index (κ2) is 4.30. The standard InChI is InChI=1S/C13H14FN/c1-11-10-13(14)5-4-12(11)6-9-15-7-2-3-8-15/h2-5,7-8,10H,6,9H2,1H3. The second-order valence-corrected chi connectivity index (χ2v) is 3.74. The normalized spacial score (nSPS) is 10.5. The van der Waals surface area contributed by atoms with Crippen molar-refractivity contribution in [1.29, 1.82) is 0 Å². The molecule has 0 spiro atoms. The summed E-state index contributed by atoms with van der Waals surface area (Å²) in [4.78, 5) is 0. The van der Waals surface area contributed by atoms with Gasteiger partial charge < -0.3 is 4.57 Å². The lowest BCUT2D eigenvalue weighted by Gasteiger charge is -2.06. The van der Waals surface area contributed by atoms with Crippen LogP contribution in [-0.4, -0.2) is 4.57 Å². The summed E-state index contributed by atoms with van der Waals surface area (Å²) < 4.78 is 15.0. The Morgan fingerprint density at radius 1 is 1.20 bits per heavy atom. The van der Waals surface area contributed by atoms with Gasteiger partial charge in [0.2, 0.25) is 0 Å². The number of aryl methyl sites for hydroxylation is 3. The zero-order valence-electron chi connectivity index (χ0n) is 8.78. The molecule has 1 aromatic heterocycles. The quantitative estimate of drug-likeness (QED) is 0.722. The van der Waals surface area contributed by atoms with Gasteiger partial charge in [-0.05, 0) is 48.7 Å². The summed E-state index contributed by atoms with van der Waals surface area (Å²) in [5.74, 6) is -0.155. The number of hydrogen-bond donors (Lipinski definition) is 0. The molecule has 0 saturated carbocycles. The maximum absolute atomic E-state index is 12.9. The molecule has 0 saturated heterocycles. The Balaban J connectivity index is 2.05. The summed E-state index contributed by atoms with van der Waals surface area (Å²) >= 11 is 0. The zero-order chi connectivity index (χ0) is 10.7. The fourth-order valence-electron chi connectivity index (χ4n) is 1.71. The van der Waals surface area contributed by atoms with Crippen molar-refractivity contribution in [1.82, 2.24) is 4.57 Å². The lowest BCUT2D eigenvalue weighted by Crippen LogP contribution is -2.00. The summed E-state index contributed by atoms with van der Waals surface area (Å²) in [6, 6.07) is 9.01. The van der Waals surface area contributed by atoms with Gasteiger partial charge in [0.15, 0.2) is 0 Å². The third-order valence-electron chi connectivity index (χ3n) is 2.61. The van der Waals surface area contributed by atoms with Crippen LogP contribution in [0.5, 0.6) is 0 Å². The van der Waals surface area contributed by atoms with Crippen LogP contribution in [-0.2, 0) is 13.0 Å². The van der Waals surface area contributed by atoms with Gasteiger partial charge in [-0.2, -0.15) is 0 Å². The van der Waals surface area contributed by atoms with Gasteiger partial charge in [-0.25, -0.2) is 4.39 Å². The molecule has 1 heterocycles. The lowest BCUT2D eigenvalue weighted by atomic mass is 10.1.